The molecule has 0 radical (unpaired) electrons. The Labute approximate surface area is 179 Å². The Hall–Kier alpha value is -3.81. The summed E-state index contributed by atoms with van der Waals surface area (Å²) >= 11 is 0. The normalized spacial score (nSPS) is 10.9. The number of amides is 1. The van der Waals surface area contributed by atoms with Gasteiger partial charge >= 0.3 is 0 Å². The van der Waals surface area contributed by atoms with Gasteiger partial charge in [0.25, 0.3) is 5.91 Å². The number of benzene rings is 2. The molecule has 0 saturated heterocycles. The van der Waals surface area contributed by atoms with Gasteiger partial charge in [-0.05, 0) is 31.2 Å². The van der Waals surface area contributed by atoms with Gasteiger partial charge in [0.05, 0.1) is 22.8 Å². The number of rotatable bonds is 7. The van der Waals surface area contributed by atoms with Gasteiger partial charge in [0.2, 0.25) is 0 Å². The van der Waals surface area contributed by atoms with Crippen molar-refractivity contribution in [2.24, 2.45) is 0 Å². The zero-order valence-corrected chi connectivity index (χ0v) is 17.4. The minimum absolute atomic E-state index is 0.0274. The lowest BCUT2D eigenvalue weighted by atomic mass is 10.2. The van der Waals surface area contributed by atoms with E-state index in [9.17, 15) is 9.18 Å². The molecule has 0 fully saturated rings. The summed E-state index contributed by atoms with van der Waals surface area (Å²) in [5, 5.41) is 11.3. The molecule has 8 heteroatoms. The molecule has 7 nitrogen and oxygen atoms in total. The van der Waals surface area contributed by atoms with Gasteiger partial charge in [-0.25, -0.2) is 19.0 Å². The lowest BCUT2D eigenvalue weighted by Crippen LogP contribution is -2.29. The van der Waals surface area contributed by atoms with Crippen LogP contribution in [0.3, 0.4) is 0 Å². The molecule has 0 aliphatic carbocycles. The maximum atomic E-state index is 13.7. The van der Waals surface area contributed by atoms with Gasteiger partial charge in [-0.2, -0.15) is 5.10 Å². The highest BCUT2D eigenvalue weighted by molar-refractivity contribution is 5.94. The van der Waals surface area contributed by atoms with E-state index in [1.54, 1.807) is 23.0 Å². The van der Waals surface area contributed by atoms with Gasteiger partial charge in [0.1, 0.15) is 17.5 Å². The van der Waals surface area contributed by atoms with Crippen LogP contribution in [0.4, 0.5) is 10.2 Å². The summed E-state index contributed by atoms with van der Waals surface area (Å²) in [6.07, 6.45) is 2.41. The molecule has 4 aromatic rings. The zero-order chi connectivity index (χ0) is 21.8. The fraction of sp³-hybridized carbons (Fsp3) is 0.217. The van der Waals surface area contributed by atoms with Crippen molar-refractivity contribution in [1.29, 1.82) is 0 Å². The van der Waals surface area contributed by atoms with Crippen molar-refractivity contribution in [2.45, 2.75) is 20.3 Å². The third kappa shape index (κ3) is 4.37. The fourth-order valence-corrected chi connectivity index (χ4v) is 3.22. The number of halogens is 1. The largest absolute Gasteiger partial charge is 0.368 e. The van der Waals surface area contributed by atoms with Crippen molar-refractivity contribution >= 4 is 22.8 Å². The van der Waals surface area contributed by atoms with Crippen molar-refractivity contribution in [2.75, 3.05) is 18.4 Å². The first-order valence-electron chi connectivity index (χ1n) is 10.1. The smallest absolute Gasteiger partial charge is 0.254 e. The van der Waals surface area contributed by atoms with E-state index >= 15 is 0 Å². The second-order valence-corrected chi connectivity index (χ2v) is 7.13. The molecule has 31 heavy (non-hydrogen) atoms. The van der Waals surface area contributed by atoms with E-state index in [2.05, 4.69) is 25.7 Å². The highest BCUT2D eigenvalue weighted by Gasteiger charge is 2.14. The van der Waals surface area contributed by atoms with Crippen molar-refractivity contribution in [3.8, 4) is 5.69 Å². The molecule has 2 heterocycles. The Morgan fingerprint density at radius 1 is 1.06 bits per heavy atom. The number of nitrogens with one attached hydrogen (secondary N) is 2. The average molecular weight is 418 g/mol. The second-order valence-electron chi connectivity index (χ2n) is 7.13. The summed E-state index contributed by atoms with van der Waals surface area (Å²) in [7, 11) is 0. The van der Waals surface area contributed by atoms with E-state index in [0.29, 0.717) is 36.8 Å². The Bertz CT molecular complexity index is 1220. The van der Waals surface area contributed by atoms with E-state index in [-0.39, 0.29) is 5.56 Å². The number of carbonyl (C=O) groups is 1. The Kier molecular flexibility index (Phi) is 5.88. The van der Waals surface area contributed by atoms with E-state index in [1.807, 2.05) is 38.1 Å². The van der Waals surface area contributed by atoms with Crippen LogP contribution in [0.2, 0.25) is 0 Å². The lowest BCUT2D eigenvalue weighted by Gasteiger charge is -2.10. The molecular formula is C23H23FN6O. The molecule has 0 bridgehead atoms. The quantitative estimate of drug-likeness (QED) is 0.448. The molecule has 2 N–H and O–H groups in total. The molecule has 2 aromatic carbocycles. The molecule has 0 unspecified atom stereocenters. The molecule has 4 rings (SSSR count). The van der Waals surface area contributed by atoms with Crippen molar-refractivity contribution in [3.05, 3.63) is 77.5 Å². The van der Waals surface area contributed by atoms with Gasteiger partial charge in [-0.15, -0.1) is 0 Å². The molecule has 0 saturated carbocycles. The predicted molar refractivity (Wildman–Crippen MR) is 118 cm³/mol. The molecule has 158 valence electrons. The Morgan fingerprint density at radius 3 is 2.58 bits per heavy atom. The molecular weight excluding hydrogens is 395 g/mol. The number of anilines is 1. The number of carbonyl (C=O) groups excluding carboxylic acids is 1. The lowest BCUT2D eigenvalue weighted by molar-refractivity contribution is 0.0951. The minimum atomic E-state index is -0.540. The van der Waals surface area contributed by atoms with Crippen LogP contribution in [-0.4, -0.2) is 38.7 Å². The molecule has 2 aromatic heterocycles. The first kappa shape index (κ1) is 20.5. The van der Waals surface area contributed by atoms with Crippen LogP contribution in [0.1, 0.15) is 28.7 Å². The maximum Gasteiger partial charge on any atom is 0.254 e. The van der Waals surface area contributed by atoms with Crippen LogP contribution in [0.25, 0.3) is 16.7 Å². The third-order valence-electron chi connectivity index (χ3n) is 4.89. The Morgan fingerprint density at radius 2 is 1.84 bits per heavy atom. The first-order valence-corrected chi connectivity index (χ1v) is 10.1. The summed E-state index contributed by atoms with van der Waals surface area (Å²) in [5.74, 6) is 0.357. The minimum Gasteiger partial charge on any atom is -0.368 e. The summed E-state index contributed by atoms with van der Waals surface area (Å²) in [4.78, 5) is 21.4. The summed E-state index contributed by atoms with van der Waals surface area (Å²) in [5.41, 5.74) is 2.83. The predicted octanol–water partition coefficient (Wildman–Crippen LogP) is 3.67. The monoisotopic (exact) mass is 418 g/mol. The molecule has 0 aliphatic rings. The van der Waals surface area contributed by atoms with Crippen molar-refractivity contribution in [3.63, 3.8) is 0 Å². The number of hydrogen-bond donors (Lipinski definition) is 2. The van der Waals surface area contributed by atoms with Crippen LogP contribution in [0.15, 0.2) is 54.7 Å². The Balaban J connectivity index is 1.50. The van der Waals surface area contributed by atoms with Crippen LogP contribution < -0.4 is 10.6 Å². The van der Waals surface area contributed by atoms with E-state index < -0.39 is 11.7 Å². The van der Waals surface area contributed by atoms with Crippen LogP contribution in [0, 0.1) is 12.7 Å². The van der Waals surface area contributed by atoms with Gasteiger partial charge in [-0.1, -0.05) is 36.8 Å². The highest BCUT2D eigenvalue weighted by atomic mass is 19.1. The standard InChI is InChI=1S/C23H23FN6O/c1-3-20-28-21(25-12-13-26-23(31)17-6-4-5-7-19(17)24)18-14-27-30(22(18)29-20)16-10-8-15(2)9-11-16/h4-11,14H,3,12-13H2,1-2H3,(H,26,31)(H,25,28,29). The molecule has 1 amide bonds. The summed E-state index contributed by atoms with van der Waals surface area (Å²) in [6, 6.07) is 14.0. The fourth-order valence-electron chi connectivity index (χ4n) is 3.22. The summed E-state index contributed by atoms with van der Waals surface area (Å²) in [6.45, 7) is 4.76. The SMILES string of the molecule is CCc1nc(NCCNC(=O)c2ccccc2F)c2cnn(-c3ccc(C)cc3)c2n1. The van der Waals surface area contributed by atoms with Crippen molar-refractivity contribution < 1.29 is 9.18 Å². The van der Waals surface area contributed by atoms with Crippen LogP contribution >= 0.6 is 0 Å². The molecule has 0 atom stereocenters. The maximum absolute atomic E-state index is 13.7. The topological polar surface area (TPSA) is 84.7 Å². The number of nitrogens with zero attached hydrogens (tertiary/aromatic N) is 4. The first-order chi connectivity index (χ1) is 15.1. The third-order valence-corrected chi connectivity index (χ3v) is 4.89. The number of hydrogen-bond acceptors (Lipinski definition) is 5. The summed E-state index contributed by atoms with van der Waals surface area (Å²) < 4.78 is 15.5. The zero-order valence-electron chi connectivity index (χ0n) is 17.4. The van der Waals surface area contributed by atoms with Crippen molar-refractivity contribution in [1.82, 2.24) is 25.1 Å². The van der Waals surface area contributed by atoms with Gasteiger partial charge in [-0.3, -0.25) is 4.79 Å². The van der Waals surface area contributed by atoms with E-state index in [4.69, 9.17) is 0 Å². The highest BCUT2D eigenvalue weighted by Crippen LogP contribution is 2.23. The average Bonchev–Trinajstić information content (AvgIpc) is 3.21. The number of aryl methyl sites for hydroxylation is 2. The molecule has 0 aliphatic heterocycles. The second kappa shape index (κ2) is 8.91. The van der Waals surface area contributed by atoms with Gasteiger partial charge < -0.3 is 10.6 Å². The van der Waals surface area contributed by atoms with Crippen LogP contribution in [-0.2, 0) is 6.42 Å². The number of aromatic nitrogens is 4. The van der Waals surface area contributed by atoms with Gasteiger partial charge in [0.15, 0.2) is 5.65 Å². The van der Waals surface area contributed by atoms with Gasteiger partial charge in [0, 0.05) is 19.5 Å². The number of fused-ring (bicyclic) bond motifs is 1. The van der Waals surface area contributed by atoms with Crippen LogP contribution in [0.5, 0.6) is 0 Å². The molecule has 0 spiro atoms. The van der Waals surface area contributed by atoms with E-state index in [1.165, 1.54) is 17.7 Å². The van der Waals surface area contributed by atoms with E-state index in [0.717, 1.165) is 11.1 Å².